The van der Waals surface area contributed by atoms with Crippen molar-refractivity contribution in [1.29, 1.82) is 0 Å². The molecule has 11 heteroatoms. The number of aromatic nitrogens is 4. The van der Waals surface area contributed by atoms with Crippen LogP contribution >= 0.6 is 11.6 Å². The second-order valence-corrected chi connectivity index (χ2v) is 8.80. The van der Waals surface area contributed by atoms with Crippen molar-refractivity contribution >= 4 is 32.8 Å². The lowest BCUT2D eigenvalue weighted by Gasteiger charge is -2.27. The molecule has 2 heterocycles. The molecule has 0 fully saturated rings. The summed E-state index contributed by atoms with van der Waals surface area (Å²) in [7, 11) is -2.75. The quantitative estimate of drug-likeness (QED) is 0.652. The van der Waals surface area contributed by atoms with E-state index >= 15 is 0 Å². The molecular weight excluding hydrogens is 394 g/mol. The Hall–Kier alpha value is -2.43. The van der Waals surface area contributed by atoms with E-state index in [-0.39, 0.29) is 11.2 Å². The van der Waals surface area contributed by atoms with E-state index in [2.05, 4.69) is 9.97 Å². The van der Waals surface area contributed by atoms with Gasteiger partial charge in [0.25, 0.3) is 15.6 Å². The summed E-state index contributed by atoms with van der Waals surface area (Å²) in [5, 5.41) is 5.08. The molecule has 0 aliphatic heterocycles. The van der Waals surface area contributed by atoms with E-state index in [4.69, 9.17) is 16.7 Å². The maximum atomic E-state index is 13.0. The standard InChI is InChI=1S/C16H18ClN5O4S/c1-16(2,8-9-4-6-10(17)7-5-9)22-13(23)11-12(21(3)15(22)24)20-14(19-11)27(18,25)26/h4-7H,8H2,1-3H3,(H,19,20)(H2,18,25,26). The third-order valence-corrected chi connectivity index (χ3v) is 5.29. The van der Waals surface area contributed by atoms with Gasteiger partial charge in [0, 0.05) is 12.1 Å². The number of nitrogens with two attached hydrogens (primary N) is 1. The first-order valence-electron chi connectivity index (χ1n) is 7.91. The predicted molar refractivity (Wildman–Crippen MR) is 101 cm³/mol. The summed E-state index contributed by atoms with van der Waals surface area (Å²) in [6.07, 6.45) is 0.376. The summed E-state index contributed by atoms with van der Waals surface area (Å²) in [6.45, 7) is 3.49. The molecule has 0 aliphatic rings. The van der Waals surface area contributed by atoms with Crippen LogP contribution in [0.15, 0.2) is 39.0 Å². The Balaban J connectivity index is 2.23. The number of benzene rings is 1. The maximum absolute atomic E-state index is 13.0. The topological polar surface area (TPSA) is 133 Å². The van der Waals surface area contributed by atoms with Crippen LogP contribution in [0.3, 0.4) is 0 Å². The van der Waals surface area contributed by atoms with Gasteiger partial charge in [0.15, 0.2) is 11.2 Å². The van der Waals surface area contributed by atoms with E-state index in [9.17, 15) is 18.0 Å². The van der Waals surface area contributed by atoms with E-state index in [1.54, 1.807) is 26.0 Å². The zero-order valence-corrected chi connectivity index (χ0v) is 16.4. The Morgan fingerprint density at radius 1 is 1.22 bits per heavy atom. The number of aromatic amines is 1. The monoisotopic (exact) mass is 411 g/mol. The second-order valence-electron chi connectivity index (χ2n) is 6.88. The number of aryl methyl sites for hydroxylation is 1. The smallest absolute Gasteiger partial charge is 0.322 e. The molecule has 144 valence electrons. The Labute approximate surface area is 159 Å². The van der Waals surface area contributed by atoms with E-state index in [1.165, 1.54) is 7.05 Å². The highest BCUT2D eigenvalue weighted by molar-refractivity contribution is 7.89. The lowest BCUT2D eigenvalue weighted by atomic mass is 9.94. The highest BCUT2D eigenvalue weighted by Gasteiger charge is 2.29. The molecule has 0 bridgehead atoms. The molecule has 0 saturated carbocycles. The number of hydrogen-bond donors (Lipinski definition) is 2. The fourth-order valence-corrected chi connectivity index (χ4v) is 3.61. The summed E-state index contributed by atoms with van der Waals surface area (Å²) in [6, 6.07) is 7.08. The summed E-state index contributed by atoms with van der Waals surface area (Å²) >= 11 is 5.90. The van der Waals surface area contributed by atoms with Gasteiger partial charge in [0.1, 0.15) is 0 Å². The average Bonchev–Trinajstić information content (AvgIpc) is 3.01. The van der Waals surface area contributed by atoms with Gasteiger partial charge in [-0.1, -0.05) is 23.7 Å². The van der Waals surface area contributed by atoms with Gasteiger partial charge in [-0.25, -0.2) is 18.4 Å². The zero-order valence-electron chi connectivity index (χ0n) is 14.9. The van der Waals surface area contributed by atoms with Gasteiger partial charge in [0.2, 0.25) is 5.16 Å². The molecule has 0 atom stereocenters. The summed E-state index contributed by atoms with van der Waals surface area (Å²) < 4.78 is 25.3. The van der Waals surface area contributed by atoms with Crippen molar-refractivity contribution in [3.8, 4) is 0 Å². The number of primary sulfonamides is 1. The van der Waals surface area contributed by atoms with Gasteiger partial charge < -0.3 is 4.98 Å². The summed E-state index contributed by atoms with van der Waals surface area (Å²) in [5.41, 5.74) is -1.49. The highest BCUT2D eigenvalue weighted by Crippen LogP contribution is 2.21. The van der Waals surface area contributed by atoms with Crippen LogP contribution in [0.25, 0.3) is 11.2 Å². The van der Waals surface area contributed by atoms with Crippen molar-refractivity contribution in [3.63, 3.8) is 0 Å². The Bertz CT molecular complexity index is 1250. The van der Waals surface area contributed by atoms with Crippen LogP contribution in [0.2, 0.25) is 5.02 Å². The molecule has 2 aromatic heterocycles. The number of imidazole rings is 1. The third kappa shape index (κ3) is 3.43. The van der Waals surface area contributed by atoms with Crippen LogP contribution < -0.4 is 16.4 Å². The number of hydrogen-bond acceptors (Lipinski definition) is 5. The van der Waals surface area contributed by atoms with Crippen molar-refractivity contribution in [2.24, 2.45) is 12.2 Å². The van der Waals surface area contributed by atoms with Gasteiger partial charge in [-0.3, -0.25) is 13.9 Å². The molecule has 27 heavy (non-hydrogen) atoms. The molecule has 0 unspecified atom stereocenters. The van der Waals surface area contributed by atoms with Crippen LogP contribution in [-0.4, -0.2) is 27.5 Å². The normalized spacial score (nSPS) is 12.6. The molecule has 3 rings (SSSR count). The lowest BCUT2D eigenvalue weighted by molar-refractivity contribution is 0.323. The van der Waals surface area contributed by atoms with Crippen LogP contribution in [0.5, 0.6) is 0 Å². The minimum Gasteiger partial charge on any atom is -0.322 e. The molecule has 0 radical (unpaired) electrons. The molecular formula is C16H18ClN5O4S. The minimum absolute atomic E-state index is 0.0763. The van der Waals surface area contributed by atoms with Gasteiger partial charge in [-0.15, -0.1) is 0 Å². The number of sulfonamides is 1. The fourth-order valence-electron chi connectivity index (χ4n) is 3.02. The van der Waals surface area contributed by atoms with Crippen LogP contribution in [-0.2, 0) is 29.0 Å². The second kappa shape index (κ2) is 6.32. The number of H-pyrrole nitrogens is 1. The van der Waals surface area contributed by atoms with Crippen molar-refractivity contribution < 1.29 is 8.42 Å². The van der Waals surface area contributed by atoms with Crippen LogP contribution in [0.1, 0.15) is 19.4 Å². The number of nitrogens with zero attached hydrogens (tertiary/aromatic N) is 3. The molecule has 3 aromatic rings. The van der Waals surface area contributed by atoms with E-state index < -0.39 is 32.0 Å². The van der Waals surface area contributed by atoms with Crippen molar-refractivity contribution in [2.45, 2.75) is 31.0 Å². The van der Waals surface area contributed by atoms with Crippen LogP contribution in [0.4, 0.5) is 0 Å². The van der Waals surface area contributed by atoms with Gasteiger partial charge in [-0.05, 0) is 38.0 Å². The molecule has 0 saturated heterocycles. The fraction of sp³-hybridized carbons (Fsp3) is 0.312. The first-order valence-corrected chi connectivity index (χ1v) is 9.84. The lowest BCUT2D eigenvalue weighted by Crippen LogP contribution is -2.49. The first-order chi connectivity index (χ1) is 12.4. The summed E-state index contributed by atoms with van der Waals surface area (Å²) in [4.78, 5) is 32.0. The Morgan fingerprint density at radius 2 is 1.81 bits per heavy atom. The third-order valence-electron chi connectivity index (χ3n) is 4.30. The van der Waals surface area contributed by atoms with Crippen molar-refractivity contribution in [3.05, 3.63) is 55.7 Å². The van der Waals surface area contributed by atoms with E-state index in [0.29, 0.717) is 11.4 Å². The predicted octanol–water partition coefficient (Wildman–Crippen LogP) is 0.702. The SMILES string of the molecule is Cn1c(=O)n(C(C)(C)Cc2ccc(Cl)cc2)c(=O)c2[nH]c(S(N)(=O)=O)nc21. The molecule has 0 spiro atoms. The van der Waals surface area contributed by atoms with Crippen molar-refractivity contribution in [2.75, 3.05) is 0 Å². The maximum Gasteiger partial charge on any atom is 0.332 e. The molecule has 9 nitrogen and oxygen atoms in total. The molecule has 3 N–H and O–H groups in total. The number of halogens is 1. The molecule has 0 amide bonds. The largest absolute Gasteiger partial charge is 0.332 e. The van der Waals surface area contributed by atoms with Gasteiger partial charge >= 0.3 is 5.69 Å². The van der Waals surface area contributed by atoms with E-state index in [0.717, 1.165) is 14.7 Å². The molecule has 0 aliphatic carbocycles. The summed E-state index contributed by atoms with van der Waals surface area (Å²) in [5.74, 6) is 0. The van der Waals surface area contributed by atoms with Crippen molar-refractivity contribution in [1.82, 2.24) is 19.1 Å². The number of nitrogens with one attached hydrogen (secondary N) is 1. The Kier molecular flexibility index (Phi) is 4.53. The number of fused-ring (bicyclic) bond motifs is 1. The number of rotatable bonds is 4. The molecule has 1 aromatic carbocycles. The first kappa shape index (κ1) is 19.3. The highest BCUT2D eigenvalue weighted by atomic mass is 35.5. The zero-order chi connectivity index (χ0) is 20.1. The average molecular weight is 412 g/mol. The van der Waals surface area contributed by atoms with E-state index in [1.807, 2.05) is 12.1 Å². The minimum atomic E-state index is -4.15. The van der Waals surface area contributed by atoms with Gasteiger partial charge in [0.05, 0.1) is 5.54 Å². The van der Waals surface area contributed by atoms with Gasteiger partial charge in [-0.2, -0.15) is 4.98 Å². The van der Waals surface area contributed by atoms with Crippen LogP contribution in [0, 0.1) is 0 Å². The Morgan fingerprint density at radius 3 is 2.37 bits per heavy atom.